The second-order valence-electron chi connectivity index (χ2n) is 9.03. The maximum Gasteiger partial charge on any atom is 0.244 e. The van der Waals surface area contributed by atoms with Gasteiger partial charge >= 0.3 is 0 Å². The highest BCUT2D eigenvalue weighted by atomic mass is 79.9. The number of carbonyl (C=O) groups is 2. The predicted molar refractivity (Wildman–Crippen MR) is 135 cm³/mol. The van der Waals surface area contributed by atoms with E-state index in [1.54, 1.807) is 31.2 Å². The Balaban J connectivity index is 2.46. The number of hydrogen-bond acceptors (Lipinski definition) is 4. The summed E-state index contributed by atoms with van der Waals surface area (Å²) in [5.41, 5.74) is 0.402. The fourth-order valence-corrected chi connectivity index (χ4v) is 4.89. The van der Waals surface area contributed by atoms with E-state index in [0.717, 1.165) is 10.6 Å². The van der Waals surface area contributed by atoms with Gasteiger partial charge in [-0.1, -0.05) is 31.2 Å². The smallest absolute Gasteiger partial charge is 0.244 e. The van der Waals surface area contributed by atoms with Crippen LogP contribution in [-0.4, -0.2) is 49.5 Å². The lowest BCUT2D eigenvalue weighted by atomic mass is 10.1. The summed E-state index contributed by atoms with van der Waals surface area (Å²) in [6.45, 7) is 6.80. The summed E-state index contributed by atoms with van der Waals surface area (Å²) in [5, 5.41) is 2.89. The molecule has 1 atom stereocenters. The molecule has 186 valence electrons. The molecule has 0 aliphatic heterocycles. The lowest BCUT2D eigenvalue weighted by molar-refractivity contribution is -0.141. The maximum atomic E-state index is 13.6. The minimum atomic E-state index is -3.82. The highest BCUT2D eigenvalue weighted by Gasteiger charge is 2.33. The van der Waals surface area contributed by atoms with Crippen molar-refractivity contribution in [3.8, 4) is 0 Å². The SMILES string of the molecule is CC[C@@H](C(=O)NC(C)(C)C)N(Cc1ccc(F)cc1)C(=O)CN(c1ccccc1Br)S(C)(=O)=O. The minimum Gasteiger partial charge on any atom is -0.350 e. The number of benzene rings is 2. The second kappa shape index (κ2) is 11.3. The molecule has 2 aromatic carbocycles. The Morgan fingerprint density at radius 2 is 1.68 bits per heavy atom. The van der Waals surface area contributed by atoms with Gasteiger partial charge in [-0.05, 0) is 73.0 Å². The van der Waals surface area contributed by atoms with Crippen molar-refractivity contribution in [2.24, 2.45) is 0 Å². The van der Waals surface area contributed by atoms with Crippen LogP contribution in [0.3, 0.4) is 0 Å². The summed E-state index contributed by atoms with van der Waals surface area (Å²) in [4.78, 5) is 28.0. The lowest BCUT2D eigenvalue weighted by Gasteiger charge is -2.34. The van der Waals surface area contributed by atoms with E-state index in [0.29, 0.717) is 22.1 Å². The van der Waals surface area contributed by atoms with E-state index in [1.807, 2.05) is 20.8 Å². The number of nitrogens with zero attached hydrogens (tertiary/aromatic N) is 2. The molecule has 0 heterocycles. The molecule has 0 aliphatic carbocycles. The molecule has 1 N–H and O–H groups in total. The Kier molecular flexibility index (Phi) is 9.24. The zero-order chi connectivity index (χ0) is 25.7. The van der Waals surface area contributed by atoms with Gasteiger partial charge in [0.15, 0.2) is 0 Å². The third kappa shape index (κ3) is 7.80. The number of carbonyl (C=O) groups excluding carboxylic acids is 2. The Morgan fingerprint density at radius 3 is 2.18 bits per heavy atom. The van der Waals surface area contributed by atoms with Gasteiger partial charge in [0.25, 0.3) is 0 Å². The number of sulfonamides is 1. The molecule has 2 rings (SSSR count). The number of rotatable bonds is 9. The van der Waals surface area contributed by atoms with Crippen molar-refractivity contribution >= 4 is 43.5 Å². The van der Waals surface area contributed by atoms with Crippen LogP contribution < -0.4 is 9.62 Å². The largest absolute Gasteiger partial charge is 0.350 e. The van der Waals surface area contributed by atoms with Gasteiger partial charge in [0, 0.05) is 16.6 Å². The first-order valence-electron chi connectivity index (χ1n) is 10.8. The Hall–Kier alpha value is -2.46. The number of halogens is 2. The van der Waals surface area contributed by atoms with E-state index < -0.39 is 39.9 Å². The first-order valence-corrected chi connectivity index (χ1v) is 13.4. The summed E-state index contributed by atoms with van der Waals surface area (Å²) in [7, 11) is -3.82. The van der Waals surface area contributed by atoms with Crippen molar-refractivity contribution < 1.29 is 22.4 Å². The third-order valence-corrected chi connectivity index (χ3v) is 6.75. The van der Waals surface area contributed by atoms with Crippen LogP contribution in [0, 0.1) is 5.82 Å². The fraction of sp³-hybridized carbons (Fsp3) is 0.417. The number of anilines is 1. The van der Waals surface area contributed by atoms with Crippen LogP contribution in [0.25, 0.3) is 0 Å². The molecule has 0 saturated heterocycles. The van der Waals surface area contributed by atoms with Gasteiger partial charge in [0.2, 0.25) is 21.8 Å². The van der Waals surface area contributed by atoms with E-state index in [1.165, 1.54) is 29.2 Å². The molecular formula is C24H31BrFN3O4S. The van der Waals surface area contributed by atoms with Crippen molar-refractivity contribution in [2.45, 2.75) is 52.2 Å². The molecule has 0 unspecified atom stereocenters. The number of amides is 2. The van der Waals surface area contributed by atoms with Crippen LogP contribution >= 0.6 is 15.9 Å². The lowest BCUT2D eigenvalue weighted by Crippen LogP contribution is -2.55. The Morgan fingerprint density at radius 1 is 1.09 bits per heavy atom. The minimum absolute atomic E-state index is 0.0166. The third-order valence-electron chi connectivity index (χ3n) is 4.95. The van der Waals surface area contributed by atoms with Crippen molar-refractivity contribution in [2.75, 3.05) is 17.1 Å². The molecule has 2 aromatic rings. The van der Waals surface area contributed by atoms with Crippen molar-refractivity contribution in [3.05, 3.63) is 64.4 Å². The van der Waals surface area contributed by atoms with E-state index in [2.05, 4.69) is 21.2 Å². The first kappa shape index (κ1) is 27.8. The summed E-state index contributed by atoms with van der Waals surface area (Å²) in [5.74, 6) is -1.32. The standard InChI is InChI=1S/C24H31BrFN3O4S/c1-6-20(23(31)27-24(2,3)4)28(15-17-11-13-18(26)14-12-17)22(30)16-29(34(5,32)33)21-10-8-7-9-19(21)25/h7-14,20H,6,15-16H2,1-5H3,(H,27,31)/t20-/m0/s1. The Bertz CT molecular complexity index is 1120. The van der Waals surface area contributed by atoms with E-state index in [9.17, 15) is 22.4 Å². The second-order valence-corrected chi connectivity index (χ2v) is 11.8. The molecular weight excluding hydrogens is 525 g/mol. The molecule has 0 aliphatic rings. The first-order chi connectivity index (χ1) is 15.7. The monoisotopic (exact) mass is 555 g/mol. The number of nitrogens with one attached hydrogen (secondary N) is 1. The molecule has 2 amide bonds. The quantitative estimate of drug-likeness (QED) is 0.505. The number of para-hydroxylation sites is 1. The van der Waals surface area contributed by atoms with Gasteiger partial charge in [0.1, 0.15) is 18.4 Å². The van der Waals surface area contributed by atoms with Crippen LogP contribution in [0.15, 0.2) is 53.0 Å². The molecule has 0 radical (unpaired) electrons. The van der Waals surface area contributed by atoms with Gasteiger partial charge in [-0.15, -0.1) is 0 Å². The maximum absolute atomic E-state index is 13.6. The zero-order valence-electron chi connectivity index (χ0n) is 20.0. The number of hydrogen-bond donors (Lipinski definition) is 1. The zero-order valence-corrected chi connectivity index (χ0v) is 22.4. The summed E-state index contributed by atoms with van der Waals surface area (Å²) >= 11 is 3.35. The van der Waals surface area contributed by atoms with E-state index in [4.69, 9.17) is 0 Å². The summed E-state index contributed by atoms with van der Waals surface area (Å²) in [6, 6.07) is 11.4. The van der Waals surface area contributed by atoms with E-state index >= 15 is 0 Å². The van der Waals surface area contributed by atoms with Crippen LogP contribution in [0.4, 0.5) is 10.1 Å². The summed E-state index contributed by atoms with van der Waals surface area (Å²) in [6.07, 6.45) is 1.33. The van der Waals surface area contributed by atoms with Gasteiger partial charge in [-0.25, -0.2) is 12.8 Å². The Labute approximate surface area is 209 Å². The van der Waals surface area contributed by atoms with Crippen molar-refractivity contribution in [1.29, 1.82) is 0 Å². The molecule has 10 heteroatoms. The molecule has 0 spiro atoms. The van der Waals surface area contributed by atoms with Crippen LogP contribution in [0.1, 0.15) is 39.7 Å². The highest BCUT2D eigenvalue weighted by molar-refractivity contribution is 9.10. The normalized spacial score (nSPS) is 12.7. The average molecular weight is 556 g/mol. The fourth-order valence-electron chi connectivity index (χ4n) is 3.41. The van der Waals surface area contributed by atoms with Crippen LogP contribution in [-0.2, 0) is 26.2 Å². The molecule has 0 aromatic heterocycles. The van der Waals surface area contributed by atoms with Gasteiger partial charge in [-0.2, -0.15) is 0 Å². The molecule has 7 nitrogen and oxygen atoms in total. The molecule has 0 bridgehead atoms. The predicted octanol–water partition coefficient (Wildman–Crippen LogP) is 4.08. The van der Waals surface area contributed by atoms with Crippen LogP contribution in [0.2, 0.25) is 0 Å². The van der Waals surface area contributed by atoms with Crippen LogP contribution in [0.5, 0.6) is 0 Å². The molecule has 0 fully saturated rings. The average Bonchev–Trinajstić information content (AvgIpc) is 2.71. The van der Waals surface area contributed by atoms with Gasteiger partial charge < -0.3 is 10.2 Å². The van der Waals surface area contributed by atoms with Crippen molar-refractivity contribution in [3.63, 3.8) is 0 Å². The molecule has 34 heavy (non-hydrogen) atoms. The highest BCUT2D eigenvalue weighted by Crippen LogP contribution is 2.28. The topological polar surface area (TPSA) is 86.8 Å². The van der Waals surface area contributed by atoms with E-state index in [-0.39, 0.29) is 12.5 Å². The summed E-state index contributed by atoms with van der Waals surface area (Å²) < 4.78 is 40.2. The van der Waals surface area contributed by atoms with Gasteiger partial charge in [-0.3, -0.25) is 13.9 Å². The van der Waals surface area contributed by atoms with Crippen molar-refractivity contribution in [1.82, 2.24) is 10.2 Å². The molecule has 0 saturated carbocycles. The van der Waals surface area contributed by atoms with Gasteiger partial charge in [0.05, 0.1) is 11.9 Å².